The zero-order valence-electron chi connectivity index (χ0n) is 11.0. The molecule has 1 fully saturated rings. The molecule has 2 aromatic rings. The molecule has 0 bridgehead atoms. The number of nitrogens with zero attached hydrogens (tertiary/aromatic N) is 3. The van der Waals surface area contributed by atoms with Gasteiger partial charge in [-0.1, -0.05) is 36.6 Å². The first kappa shape index (κ1) is 12.2. The van der Waals surface area contributed by atoms with E-state index in [1.807, 2.05) is 24.5 Å². The summed E-state index contributed by atoms with van der Waals surface area (Å²) in [6, 6.07) is 8.05. The van der Waals surface area contributed by atoms with E-state index < -0.39 is 0 Å². The van der Waals surface area contributed by atoms with Gasteiger partial charge in [-0.25, -0.2) is 4.98 Å². The molecule has 1 aromatic carbocycles. The maximum Gasteiger partial charge on any atom is 0.0961 e. The van der Waals surface area contributed by atoms with Crippen molar-refractivity contribution in [2.45, 2.75) is 38.6 Å². The predicted octanol–water partition coefficient (Wildman–Crippen LogP) is 3.45. The highest BCUT2D eigenvalue weighted by atomic mass is 16.4. The standard InChI is InChI=1S/C15H19N3O/c19-17-14(12-6-2-1-3-7-12)10-18-11-16-13-8-4-5-9-15(13)18/h4-5,8-9,11-12,19H,1-3,6-7,10H2. The van der Waals surface area contributed by atoms with E-state index in [4.69, 9.17) is 0 Å². The van der Waals surface area contributed by atoms with Crippen molar-refractivity contribution in [3.63, 3.8) is 0 Å². The minimum Gasteiger partial charge on any atom is -0.411 e. The number of rotatable bonds is 3. The van der Waals surface area contributed by atoms with Crippen LogP contribution in [-0.4, -0.2) is 20.5 Å². The SMILES string of the molecule is ON=C(Cn1cnc2ccccc21)C1CCCCC1. The second-order valence-electron chi connectivity index (χ2n) is 5.29. The molecular formula is C15H19N3O. The van der Waals surface area contributed by atoms with Gasteiger partial charge in [0.1, 0.15) is 0 Å². The molecule has 0 aliphatic heterocycles. The third-order valence-corrected chi connectivity index (χ3v) is 4.06. The molecule has 19 heavy (non-hydrogen) atoms. The molecule has 0 saturated heterocycles. The summed E-state index contributed by atoms with van der Waals surface area (Å²) in [5.74, 6) is 0.430. The summed E-state index contributed by atoms with van der Waals surface area (Å²) in [4.78, 5) is 4.38. The third-order valence-electron chi connectivity index (χ3n) is 4.06. The lowest BCUT2D eigenvalue weighted by Gasteiger charge is -2.22. The molecular weight excluding hydrogens is 238 g/mol. The fraction of sp³-hybridized carbons (Fsp3) is 0.467. The molecule has 0 radical (unpaired) electrons. The largest absolute Gasteiger partial charge is 0.411 e. The topological polar surface area (TPSA) is 50.4 Å². The lowest BCUT2D eigenvalue weighted by atomic mass is 9.86. The second kappa shape index (κ2) is 5.43. The van der Waals surface area contributed by atoms with Crippen molar-refractivity contribution < 1.29 is 5.21 Å². The summed E-state index contributed by atoms with van der Waals surface area (Å²) < 4.78 is 2.07. The Kier molecular flexibility index (Phi) is 3.49. The molecule has 100 valence electrons. The van der Waals surface area contributed by atoms with E-state index >= 15 is 0 Å². The lowest BCUT2D eigenvalue weighted by molar-refractivity contribution is 0.307. The first-order valence-corrected chi connectivity index (χ1v) is 6.99. The van der Waals surface area contributed by atoms with Crippen LogP contribution in [0.25, 0.3) is 11.0 Å². The zero-order valence-corrected chi connectivity index (χ0v) is 11.0. The first-order valence-electron chi connectivity index (χ1n) is 6.99. The Morgan fingerprint density at radius 3 is 2.84 bits per heavy atom. The summed E-state index contributed by atoms with van der Waals surface area (Å²) in [5, 5.41) is 12.9. The van der Waals surface area contributed by atoms with Crippen LogP contribution in [0.15, 0.2) is 35.7 Å². The lowest BCUT2D eigenvalue weighted by Crippen LogP contribution is -2.22. The van der Waals surface area contributed by atoms with E-state index in [9.17, 15) is 5.21 Å². The summed E-state index contributed by atoms with van der Waals surface area (Å²) in [6.45, 7) is 0.641. The van der Waals surface area contributed by atoms with Crippen molar-refractivity contribution in [2.75, 3.05) is 0 Å². The van der Waals surface area contributed by atoms with Crippen molar-refractivity contribution in [3.8, 4) is 0 Å². The Labute approximate surface area is 112 Å². The Hall–Kier alpha value is -1.84. The summed E-state index contributed by atoms with van der Waals surface area (Å²) in [6.07, 6.45) is 7.92. The van der Waals surface area contributed by atoms with Gasteiger partial charge in [0.15, 0.2) is 0 Å². The van der Waals surface area contributed by atoms with E-state index in [-0.39, 0.29) is 0 Å². The van der Waals surface area contributed by atoms with Gasteiger partial charge >= 0.3 is 0 Å². The molecule has 0 unspecified atom stereocenters. The van der Waals surface area contributed by atoms with E-state index in [1.54, 1.807) is 0 Å². The van der Waals surface area contributed by atoms with E-state index in [2.05, 4.69) is 20.8 Å². The van der Waals surface area contributed by atoms with E-state index in [0.717, 1.165) is 29.6 Å². The number of para-hydroxylation sites is 2. The molecule has 1 saturated carbocycles. The summed E-state index contributed by atoms with van der Waals surface area (Å²) in [7, 11) is 0. The van der Waals surface area contributed by atoms with Gasteiger partial charge in [-0.15, -0.1) is 0 Å². The Balaban J connectivity index is 1.82. The number of hydrogen-bond acceptors (Lipinski definition) is 3. The number of hydrogen-bond donors (Lipinski definition) is 1. The van der Waals surface area contributed by atoms with Crippen molar-refractivity contribution >= 4 is 16.7 Å². The van der Waals surface area contributed by atoms with Crippen molar-refractivity contribution in [2.24, 2.45) is 11.1 Å². The highest BCUT2D eigenvalue weighted by molar-refractivity contribution is 5.87. The molecule has 4 nitrogen and oxygen atoms in total. The van der Waals surface area contributed by atoms with E-state index in [0.29, 0.717) is 12.5 Å². The molecule has 1 aliphatic carbocycles. The maximum absolute atomic E-state index is 9.30. The average molecular weight is 257 g/mol. The van der Waals surface area contributed by atoms with Crippen LogP contribution in [0.5, 0.6) is 0 Å². The van der Waals surface area contributed by atoms with Gasteiger partial charge in [0.25, 0.3) is 0 Å². The summed E-state index contributed by atoms with van der Waals surface area (Å²) in [5.41, 5.74) is 2.98. The van der Waals surface area contributed by atoms with Crippen LogP contribution in [-0.2, 0) is 6.54 Å². The monoisotopic (exact) mass is 257 g/mol. The van der Waals surface area contributed by atoms with Gasteiger partial charge in [0.2, 0.25) is 0 Å². The van der Waals surface area contributed by atoms with Crippen LogP contribution in [0.2, 0.25) is 0 Å². The highest BCUT2D eigenvalue weighted by Crippen LogP contribution is 2.26. The Bertz CT molecular complexity index is 582. The first-order chi connectivity index (χ1) is 9.38. The molecule has 1 aromatic heterocycles. The fourth-order valence-electron chi connectivity index (χ4n) is 2.99. The predicted molar refractivity (Wildman–Crippen MR) is 75.5 cm³/mol. The number of benzene rings is 1. The quantitative estimate of drug-likeness (QED) is 0.520. The van der Waals surface area contributed by atoms with Gasteiger partial charge in [0, 0.05) is 5.92 Å². The molecule has 1 aliphatic rings. The van der Waals surface area contributed by atoms with Crippen molar-refractivity contribution in [3.05, 3.63) is 30.6 Å². The highest BCUT2D eigenvalue weighted by Gasteiger charge is 2.20. The number of imidazole rings is 1. The molecule has 3 rings (SSSR count). The van der Waals surface area contributed by atoms with Crippen LogP contribution in [0.1, 0.15) is 32.1 Å². The molecule has 0 amide bonds. The molecule has 0 atom stereocenters. The van der Waals surface area contributed by atoms with Crippen LogP contribution >= 0.6 is 0 Å². The minimum atomic E-state index is 0.430. The second-order valence-corrected chi connectivity index (χ2v) is 5.29. The van der Waals surface area contributed by atoms with Gasteiger partial charge < -0.3 is 9.77 Å². The summed E-state index contributed by atoms with van der Waals surface area (Å²) >= 11 is 0. The Morgan fingerprint density at radius 2 is 2.05 bits per heavy atom. The van der Waals surface area contributed by atoms with Gasteiger partial charge in [-0.3, -0.25) is 0 Å². The molecule has 0 spiro atoms. The van der Waals surface area contributed by atoms with E-state index in [1.165, 1.54) is 19.3 Å². The minimum absolute atomic E-state index is 0.430. The number of oxime groups is 1. The van der Waals surface area contributed by atoms with Crippen LogP contribution < -0.4 is 0 Å². The molecule has 1 heterocycles. The maximum atomic E-state index is 9.30. The molecule has 4 heteroatoms. The van der Waals surface area contributed by atoms with Gasteiger partial charge in [-0.2, -0.15) is 0 Å². The normalized spacial score (nSPS) is 18.0. The smallest absolute Gasteiger partial charge is 0.0961 e. The molecule has 1 N–H and O–H groups in total. The van der Waals surface area contributed by atoms with Crippen LogP contribution in [0.4, 0.5) is 0 Å². The fourth-order valence-corrected chi connectivity index (χ4v) is 2.99. The van der Waals surface area contributed by atoms with Crippen LogP contribution in [0, 0.1) is 5.92 Å². The van der Waals surface area contributed by atoms with Gasteiger partial charge in [-0.05, 0) is 25.0 Å². The average Bonchev–Trinajstić information content (AvgIpc) is 2.89. The third kappa shape index (κ3) is 2.48. The van der Waals surface area contributed by atoms with Crippen LogP contribution in [0.3, 0.4) is 0 Å². The Morgan fingerprint density at radius 1 is 1.26 bits per heavy atom. The zero-order chi connectivity index (χ0) is 13.1. The van der Waals surface area contributed by atoms with Crippen molar-refractivity contribution in [1.29, 1.82) is 0 Å². The number of fused-ring (bicyclic) bond motifs is 1. The number of aromatic nitrogens is 2. The van der Waals surface area contributed by atoms with Crippen molar-refractivity contribution in [1.82, 2.24) is 9.55 Å². The van der Waals surface area contributed by atoms with Gasteiger partial charge in [0.05, 0.1) is 29.6 Å².